The van der Waals surface area contributed by atoms with Crippen LogP contribution in [0.1, 0.15) is 24.1 Å². The number of carbonyl (C=O) groups is 1. The van der Waals surface area contributed by atoms with Gasteiger partial charge in [-0.25, -0.2) is 4.98 Å². The van der Waals surface area contributed by atoms with Crippen LogP contribution in [0.5, 0.6) is 0 Å². The minimum absolute atomic E-state index is 0.140. The number of rotatable bonds is 9. The predicted octanol–water partition coefficient (Wildman–Crippen LogP) is 2.34. The van der Waals surface area contributed by atoms with Gasteiger partial charge < -0.3 is 20.1 Å². The zero-order valence-electron chi connectivity index (χ0n) is 19.1. The van der Waals surface area contributed by atoms with Crippen LogP contribution < -0.4 is 10.6 Å². The molecule has 1 fully saturated rings. The monoisotopic (exact) mass is 485 g/mol. The van der Waals surface area contributed by atoms with Gasteiger partial charge in [0.2, 0.25) is 11.9 Å². The van der Waals surface area contributed by atoms with Crippen molar-refractivity contribution < 1.29 is 14.3 Å². The molecule has 1 atom stereocenters. The number of halogens is 1. The highest BCUT2D eigenvalue weighted by Crippen LogP contribution is 2.40. The Labute approximate surface area is 202 Å². The molecule has 2 aliphatic rings. The van der Waals surface area contributed by atoms with E-state index in [9.17, 15) is 4.79 Å². The number of nitrogens with zero attached hydrogens (tertiary/aromatic N) is 5. The van der Waals surface area contributed by atoms with Gasteiger partial charge in [0.1, 0.15) is 5.92 Å². The quantitative estimate of drug-likeness (QED) is 0.445. The van der Waals surface area contributed by atoms with E-state index >= 15 is 0 Å². The first-order valence-electron chi connectivity index (χ1n) is 11.6. The number of carbonyl (C=O) groups excluding carboxylic acids is 1. The average molecular weight is 486 g/mol. The lowest BCUT2D eigenvalue weighted by atomic mass is 9.95. The van der Waals surface area contributed by atoms with Crippen molar-refractivity contribution in [3.8, 4) is 0 Å². The fourth-order valence-corrected chi connectivity index (χ4v) is 4.53. The maximum Gasteiger partial charge on any atom is 0.238 e. The molecule has 34 heavy (non-hydrogen) atoms. The Bertz CT molecular complexity index is 1180. The molecule has 1 amide bonds. The molecule has 1 unspecified atom stereocenters. The summed E-state index contributed by atoms with van der Waals surface area (Å²) in [7, 11) is 0. The maximum absolute atomic E-state index is 13.0. The Morgan fingerprint density at radius 3 is 2.94 bits per heavy atom. The molecule has 1 saturated heterocycles. The summed E-state index contributed by atoms with van der Waals surface area (Å²) >= 11 is 6.26. The SMILES string of the molecule is CCOCCn1cc2c(C3C(=O)Nc4ccc(Cl)cc43)nc(NCCN3CCOCC3)nc2n1. The number of fused-ring (bicyclic) bond motifs is 2. The molecule has 0 aliphatic carbocycles. The number of hydrogen-bond acceptors (Lipinski definition) is 8. The van der Waals surface area contributed by atoms with Crippen LogP contribution in [0.2, 0.25) is 5.02 Å². The number of amides is 1. The molecule has 0 bridgehead atoms. The van der Waals surface area contributed by atoms with Gasteiger partial charge in [0.05, 0.1) is 37.4 Å². The van der Waals surface area contributed by atoms with E-state index in [-0.39, 0.29) is 5.91 Å². The molecular formula is C23H28ClN7O3. The van der Waals surface area contributed by atoms with E-state index in [0.717, 1.165) is 49.5 Å². The van der Waals surface area contributed by atoms with Gasteiger partial charge in [0.15, 0.2) is 5.65 Å². The minimum Gasteiger partial charge on any atom is -0.380 e. The Morgan fingerprint density at radius 1 is 1.26 bits per heavy atom. The smallest absolute Gasteiger partial charge is 0.238 e. The van der Waals surface area contributed by atoms with Crippen LogP contribution >= 0.6 is 11.6 Å². The average Bonchev–Trinajstić information content (AvgIpc) is 3.39. The summed E-state index contributed by atoms with van der Waals surface area (Å²) in [5, 5.41) is 12.2. The fourth-order valence-electron chi connectivity index (χ4n) is 4.34. The summed E-state index contributed by atoms with van der Waals surface area (Å²) in [4.78, 5) is 24.8. The first-order chi connectivity index (χ1) is 16.6. The van der Waals surface area contributed by atoms with Crippen LogP contribution in [-0.2, 0) is 20.8 Å². The Kier molecular flexibility index (Phi) is 6.91. The van der Waals surface area contributed by atoms with Gasteiger partial charge in [-0.15, -0.1) is 0 Å². The van der Waals surface area contributed by atoms with Gasteiger partial charge in [-0.3, -0.25) is 14.4 Å². The van der Waals surface area contributed by atoms with Crippen LogP contribution in [-0.4, -0.2) is 83.2 Å². The van der Waals surface area contributed by atoms with E-state index in [1.807, 2.05) is 25.3 Å². The Hall–Kier alpha value is -2.79. The molecule has 4 heterocycles. The van der Waals surface area contributed by atoms with Gasteiger partial charge in [0.25, 0.3) is 0 Å². The molecule has 180 valence electrons. The van der Waals surface area contributed by atoms with Crippen molar-refractivity contribution in [3.63, 3.8) is 0 Å². The van der Waals surface area contributed by atoms with Gasteiger partial charge in [-0.05, 0) is 30.7 Å². The number of hydrogen-bond donors (Lipinski definition) is 2. The Balaban J connectivity index is 1.47. The molecule has 5 rings (SSSR count). The van der Waals surface area contributed by atoms with Gasteiger partial charge >= 0.3 is 0 Å². The van der Waals surface area contributed by atoms with E-state index in [4.69, 9.17) is 26.1 Å². The molecule has 11 heteroatoms. The minimum atomic E-state index is -0.594. The van der Waals surface area contributed by atoms with Crippen molar-refractivity contribution in [1.82, 2.24) is 24.6 Å². The molecule has 2 aromatic heterocycles. The van der Waals surface area contributed by atoms with Crippen molar-refractivity contribution in [1.29, 1.82) is 0 Å². The molecule has 0 radical (unpaired) electrons. The molecule has 2 aliphatic heterocycles. The highest BCUT2D eigenvalue weighted by Gasteiger charge is 2.35. The number of benzene rings is 1. The van der Waals surface area contributed by atoms with Crippen molar-refractivity contribution in [2.24, 2.45) is 0 Å². The van der Waals surface area contributed by atoms with Crippen molar-refractivity contribution in [2.75, 3.05) is 63.2 Å². The molecular weight excluding hydrogens is 458 g/mol. The van der Waals surface area contributed by atoms with E-state index in [1.165, 1.54) is 0 Å². The predicted molar refractivity (Wildman–Crippen MR) is 129 cm³/mol. The highest BCUT2D eigenvalue weighted by molar-refractivity contribution is 6.31. The summed E-state index contributed by atoms with van der Waals surface area (Å²) < 4.78 is 12.7. The standard InChI is InChI=1S/C23H28ClN7O3/c1-2-33-12-9-31-14-17-20(19-16-13-15(24)3-4-18(16)26-22(19)32)27-23(28-21(17)29-31)25-5-6-30-7-10-34-11-8-30/h3-4,13-14,19H,2,5-12H2,1H3,(H,26,32)(H,25,28,29). The molecule has 3 aromatic rings. The molecule has 1 aromatic carbocycles. The highest BCUT2D eigenvalue weighted by atomic mass is 35.5. The van der Waals surface area contributed by atoms with E-state index in [1.54, 1.807) is 10.7 Å². The lowest BCUT2D eigenvalue weighted by Gasteiger charge is -2.26. The summed E-state index contributed by atoms with van der Waals surface area (Å²) in [6, 6.07) is 5.41. The third kappa shape index (κ3) is 4.85. The summed E-state index contributed by atoms with van der Waals surface area (Å²) in [6.07, 6.45) is 1.89. The molecule has 10 nitrogen and oxygen atoms in total. The normalized spacial score (nSPS) is 18.3. The third-order valence-electron chi connectivity index (χ3n) is 6.06. The van der Waals surface area contributed by atoms with Crippen LogP contribution in [0.4, 0.5) is 11.6 Å². The number of aromatic nitrogens is 4. The molecule has 0 spiro atoms. The van der Waals surface area contributed by atoms with Crippen molar-refractivity contribution in [2.45, 2.75) is 19.4 Å². The first kappa shape index (κ1) is 23.0. The largest absolute Gasteiger partial charge is 0.380 e. The van der Waals surface area contributed by atoms with Crippen molar-refractivity contribution >= 4 is 40.2 Å². The maximum atomic E-state index is 13.0. The molecule has 2 N–H and O–H groups in total. The van der Waals surface area contributed by atoms with Gasteiger partial charge in [-0.1, -0.05) is 11.6 Å². The summed E-state index contributed by atoms with van der Waals surface area (Å²) in [5.41, 5.74) is 2.70. The lowest BCUT2D eigenvalue weighted by Crippen LogP contribution is -2.39. The second-order valence-corrected chi connectivity index (χ2v) is 8.73. The fraction of sp³-hybridized carbons (Fsp3) is 0.478. The summed E-state index contributed by atoms with van der Waals surface area (Å²) in [6.45, 7) is 8.59. The van der Waals surface area contributed by atoms with Gasteiger partial charge in [0, 0.05) is 49.7 Å². The van der Waals surface area contributed by atoms with Crippen LogP contribution in [0.15, 0.2) is 24.4 Å². The number of morpholine rings is 1. The number of ether oxygens (including phenoxy) is 2. The van der Waals surface area contributed by atoms with Crippen LogP contribution in [0, 0.1) is 0 Å². The first-order valence-corrected chi connectivity index (χ1v) is 12.0. The summed E-state index contributed by atoms with van der Waals surface area (Å²) in [5.74, 6) is -0.281. The van der Waals surface area contributed by atoms with Crippen LogP contribution in [0.3, 0.4) is 0 Å². The third-order valence-corrected chi connectivity index (χ3v) is 6.29. The van der Waals surface area contributed by atoms with E-state index in [2.05, 4.69) is 25.6 Å². The van der Waals surface area contributed by atoms with Crippen molar-refractivity contribution in [3.05, 3.63) is 40.7 Å². The number of nitrogens with one attached hydrogen (secondary N) is 2. The molecule has 0 saturated carbocycles. The second-order valence-electron chi connectivity index (χ2n) is 8.29. The lowest BCUT2D eigenvalue weighted by molar-refractivity contribution is -0.116. The Morgan fingerprint density at radius 2 is 2.12 bits per heavy atom. The van der Waals surface area contributed by atoms with E-state index in [0.29, 0.717) is 48.6 Å². The van der Waals surface area contributed by atoms with Gasteiger partial charge in [-0.2, -0.15) is 10.1 Å². The van der Waals surface area contributed by atoms with Crippen LogP contribution in [0.25, 0.3) is 11.0 Å². The topological polar surface area (TPSA) is 106 Å². The zero-order valence-corrected chi connectivity index (χ0v) is 19.8. The second kappa shape index (κ2) is 10.2. The number of anilines is 2. The zero-order chi connectivity index (χ0) is 23.5. The van der Waals surface area contributed by atoms with E-state index < -0.39 is 5.92 Å².